The van der Waals surface area contributed by atoms with Crippen LogP contribution in [0.15, 0.2) is 0 Å². The molecule has 1 amide bonds. The maximum atomic E-state index is 12.3. The van der Waals surface area contributed by atoms with Gasteiger partial charge in [0.25, 0.3) is 0 Å². The molecule has 0 radical (unpaired) electrons. The third-order valence-corrected chi connectivity index (χ3v) is 4.72. The van der Waals surface area contributed by atoms with Crippen molar-refractivity contribution in [3.63, 3.8) is 0 Å². The molecule has 1 aromatic heterocycles. The van der Waals surface area contributed by atoms with E-state index in [9.17, 15) is 9.59 Å². The number of anilines is 1. The van der Waals surface area contributed by atoms with Crippen LogP contribution in [0.3, 0.4) is 0 Å². The molecule has 2 rings (SSSR count). The number of aryl methyl sites for hydroxylation is 1. The minimum absolute atomic E-state index is 0.0865. The number of rotatable bonds is 4. The molecule has 4 N–H and O–H groups in total. The minimum atomic E-state index is -1.06. The Labute approximate surface area is 121 Å². The first-order chi connectivity index (χ1) is 9.54. The van der Waals surface area contributed by atoms with Gasteiger partial charge in [-0.2, -0.15) is 4.37 Å². The largest absolute Gasteiger partial charge is 0.478 e. The molecule has 20 heavy (non-hydrogen) atoms. The molecule has 2 unspecified atom stereocenters. The molecular formula is C13H19N3O3S. The van der Waals surface area contributed by atoms with E-state index in [1.807, 2.05) is 0 Å². The van der Waals surface area contributed by atoms with Crippen LogP contribution in [0.5, 0.6) is 0 Å². The summed E-state index contributed by atoms with van der Waals surface area (Å²) in [6, 6.07) is 0. The SMILES string of the molecule is Cc1nsc(NC(=O)C2CCCCC2CN)c1C(=O)O. The lowest BCUT2D eigenvalue weighted by Crippen LogP contribution is -2.35. The van der Waals surface area contributed by atoms with Crippen LogP contribution in [-0.4, -0.2) is 27.9 Å². The average Bonchev–Trinajstić information content (AvgIpc) is 2.79. The zero-order valence-corrected chi connectivity index (χ0v) is 12.2. The van der Waals surface area contributed by atoms with Crippen molar-refractivity contribution in [3.8, 4) is 0 Å². The second-order valence-corrected chi connectivity index (χ2v) is 5.93. The van der Waals surface area contributed by atoms with E-state index in [4.69, 9.17) is 10.8 Å². The van der Waals surface area contributed by atoms with E-state index in [-0.39, 0.29) is 23.3 Å². The number of carbonyl (C=O) groups is 2. The second-order valence-electron chi connectivity index (χ2n) is 5.15. The first-order valence-electron chi connectivity index (χ1n) is 6.75. The van der Waals surface area contributed by atoms with Gasteiger partial charge >= 0.3 is 5.97 Å². The molecule has 1 aromatic rings. The van der Waals surface area contributed by atoms with Crippen molar-refractivity contribution in [2.24, 2.45) is 17.6 Å². The number of hydrogen-bond donors (Lipinski definition) is 3. The van der Waals surface area contributed by atoms with Crippen molar-refractivity contribution in [1.29, 1.82) is 0 Å². The van der Waals surface area contributed by atoms with Gasteiger partial charge in [0.15, 0.2) is 0 Å². The molecule has 0 bridgehead atoms. The highest BCUT2D eigenvalue weighted by Gasteiger charge is 2.31. The zero-order valence-electron chi connectivity index (χ0n) is 11.4. The van der Waals surface area contributed by atoms with Gasteiger partial charge in [-0.25, -0.2) is 4.79 Å². The van der Waals surface area contributed by atoms with Crippen LogP contribution in [0, 0.1) is 18.8 Å². The quantitative estimate of drug-likeness (QED) is 0.786. The normalized spacial score (nSPS) is 22.5. The van der Waals surface area contributed by atoms with Crippen LogP contribution >= 0.6 is 11.5 Å². The average molecular weight is 297 g/mol. The van der Waals surface area contributed by atoms with Gasteiger partial charge in [-0.1, -0.05) is 12.8 Å². The van der Waals surface area contributed by atoms with Gasteiger partial charge < -0.3 is 16.2 Å². The van der Waals surface area contributed by atoms with Crippen molar-refractivity contribution < 1.29 is 14.7 Å². The van der Waals surface area contributed by atoms with E-state index in [1.165, 1.54) is 0 Å². The molecule has 0 saturated heterocycles. The van der Waals surface area contributed by atoms with Gasteiger partial charge in [-0.15, -0.1) is 0 Å². The topological polar surface area (TPSA) is 105 Å². The third-order valence-electron chi connectivity index (χ3n) is 3.86. The summed E-state index contributed by atoms with van der Waals surface area (Å²) in [5.74, 6) is -1.14. The Morgan fingerprint density at radius 3 is 2.80 bits per heavy atom. The van der Waals surface area contributed by atoms with E-state index in [0.717, 1.165) is 37.2 Å². The van der Waals surface area contributed by atoms with Crippen molar-refractivity contribution in [2.75, 3.05) is 11.9 Å². The summed E-state index contributed by atoms with van der Waals surface area (Å²) >= 11 is 1.01. The number of nitrogens with one attached hydrogen (secondary N) is 1. The molecule has 1 aliphatic carbocycles. The summed E-state index contributed by atoms with van der Waals surface area (Å²) in [6.07, 6.45) is 3.89. The van der Waals surface area contributed by atoms with Crippen LogP contribution in [0.2, 0.25) is 0 Å². The van der Waals surface area contributed by atoms with Crippen molar-refractivity contribution in [1.82, 2.24) is 4.37 Å². The molecule has 6 nitrogen and oxygen atoms in total. The number of carbonyl (C=O) groups excluding carboxylic acids is 1. The molecule has 1 heterocycles. The van der Waals surface area contributed by atoms with Gasteiger partial charge in [0.2, 0.25) is 5.91 Å². The Morgan fingerprint density at radius 1 is 1.45 bits per heavy atom. The van der Waals surface area contributed by atoms with Crippen LogP contribution in [0.4, 0.5) is 5.00 Å². The monoisotopic (exact) mass is 297 g/mol. The van der Waals surface area contributed by atoms with Gasteiger partial charge in [0.05, 0.1) is 5.69 Å². The number of aromatic carboxylic acids is 1. The van der Waals surface area contributed by atoms with Crippen molar-refractivity contribution >= 4 is 28.4 Å². The highest BCUT2D eigenvalue weighted by atomic mass is 32.1. The predicted octanol–water partition coefficient (Wildman–Crippen LogP) is 1.85. The van der Waals surface area contributed by atoms with Crippen molar-refractivity contribution in [3.05, 3.63) is 11.3 Å². The first-order valence-corrected chi connectivity index (χ1v) is 7.52. The minimum Gasteiger partial charge on any atom is -0.478 e. The Bertz CT molecular complexity index is 515. The fraction of sp³-hybridized carbons (Fsp3) is 0.615. The van der Waals surface area contributed by atoms with Crippen LogP contribution < -0.4 is 11.1 Å². The fourth-order valence-corrected chi connectivity index (χ4v) is 3.54. The predicted molar refractivity (Wildman–Crippen MR) is 76.9 cm³/mol. The number of nitrogens with zero attached hydrogens (tertiary/aromatic N) is 1. The number of hydrogen-bond acceptors (Lipinski definition) is 5. The molecule has 1 saturated carbocycles. The lowest BCUT2D eigenvalue weighted by atomic mass is 9.79. The standard InChI is InChI=1S/C13H19N3O3S/c1-7-10(13(18)19)12(20-16-7)15-11(17)9-5-3-2-4-8(9)6-14/h8-9H,2-6,14H2,1H3,(H,15,17)(H,18,19). The van der Waals surface area contributed by atoms with Crippen LogP contribution in [0.1, 0.15) is 41.7 Å². The summed E-state index contributed by atoms with van der Waals surface area (Å²) in [5, 5.41) is 12.2. The second kappa shape index (κ2) is 6.32. The number of carboxylic acid groups (broad SMARTS) is 1. The number of amides is 1. The number of nitrogens with two attached hydrogens (primary N) is 1. The van der Waals surface area contributed by atoms with Gasteiger partial charge in [-0.3, -0.25) is 4.79 Å². The van der Waals surface area contributed by atoms with Gasteiger partial charge in [-0.05, 0) is 43.8 Å². The number of carboxylic acids is 1. The molecule has 1 aliphatic rings. The molecule has 110 valence electrons. The van der Waals surface area contributed by atoms with E-state index in [2.05, 4.69) is 9.69 Å². The molecular weight excluding hydrogens is 278 g/mol. The van der Waals surface area contributed by atoms with E-state index < -0.39 is 5.97 Å². The summed E-state index contributed by atoms with van der Waals surface area (Å²) in [7, 11) is 0. The van der Waals surface area contributed by atoms with Crippen LogP contribution in [0.25, 0.3) is 0 Å². The first kappa shape index (κ1) is 14.9. The molecule has 0 spiro atoms. The fourth-order valence-electron chi connectivity index (χ4n) is 2.75. The summed E-state index contributed by atoms with van der Waals surface area (Å²) < 4.78 is 4.00. The maximum Gasteiger partial charge on any atom is 0.340 e. The van der Waals surface area contributed by atoms with Gasteiger partial charge in [0, 0.05) is 5.92 Å². The van der Waals surface area contributed by atoms with Gasteiger partial charge in [0.1, 0.15) is 10.6 Å². The highest BCUT2D eigenvalue weighted by molar-refractivity contribution is 7.11. The van der Waals surface area contributed by atoms with Crippen LogP contribution in [-0.2, 0) is 4.79 Å². The molecule has 7 heteroatoms. The molecule has 0 aromatic carbocycles. The Hall–Kier alpha value is -1.47. The Kier molecular flexibility index (Phi) is 4.72. The summed E-state index contributed by atoms with van der Waals surface area (Å²) in [4.78, 5) is 23.5. The lowest BCUT2D eigenvalue weighted by molar-refractivity contribution is -0.122. The molecule has 0 aliphatic heterocycles. The van der Waals surface area contributed by atoms with E-state index in [0.29, 0.717) is 17.2 Å². The highest BCUT2D eigenvalue weighted by Crippen LogP contribution is 2.32. The lowest BCUT2D eigenvalue weighted by Gasteiger charge is -2.29. The summed E-state index contributed by atoms with van der Waals surface area (Å²) in [5.41, 5.74) is 6.24. The smallest absolute Gasteiger partial charge is 0.340 e. The third kappa shape index (κ3) is 2.99. The Balaban J connectivity index is 2.13. The number of aromatic nitrogens is 1. The Morgan fingerprint density at radius 2 is 2.15 bits per heavy atom. The summed E-state index contributed by atoms with van der Waals surface area (Å²) in [6.45, 7) is 2.12. The van der Waals surface area contributed by atoms with Crippen molar-refractivity contribution in [2.45, 2.75) is 32.6 Å². The molecule has 1 fully saturated rings. The maximum absolute atomic E-state index is 12.3. The zero-order chi connectivity index (χ0) is 14.7. The molecule has 2 atom stereocenters. The van der Waals surface area contributed by atoms with E-state index in [1.54, 1.807) is 6.92 Å². The van der Waals surface area contributed by atoms with E-state index >= 15 is 0 Å².